The Balaban J connectivity index is 1.53. The Hall–Kier alpha value is -2.08. The Labute approximate surface area is 193 Å². The number of rotatable bonds is 8. The van der Waals surface area contributed by atoms with Gasteiger partial charge in [0.1, 0.15) is 5.69 Å². The van der Waals surface area contributed by atoms with Crippen molar-refractivity contribution in [3.63, 3.8) is 0 Å². The van der Waals surface area contributed by atoms with Crippen molar-refractivity contribution in [2.24, 2.45) is 5.92 Å². The smallest absolute Gasteiger partial charge is 0.202 e. The highest BCUT2D eigenvalue weighted by atomic mass is 16.1. The minimum absolute atomic E-state index is 0.200. The van der Waals surface area contributed by atoms with Crippen molar-refractivity contribution in [1.29, 1.82) is 0 Å². The number of ketones is 1. The molecule has 2 aliphatic heterocycles. The Morgan fingerprint density at radius 2 is 1.72 bits per heavy atom. The van der Waals surface area contributed by atoms with E-state index < -0.39 is 5.54 Å². The number of benzene rings is 1. The molecule has 32 heavy (non-hydrogen) atoms. The number of nitrogens with zero attached hydrogens (tertiary/aromatic N) is 4. The average molecular weight is 435 g/mol. The van der Waals surface area contributed by atoms with Gasteiger partial charge in [-0.25, -0.2) is 0 Å². The van der Waals surface area contributed by atoms with Gasteiger partial charge in [-0.05, 0) is 56.0 Å². The SMILES string of the molecule is CC(C)CCN1CCN(C2(C(=O)c3ccccn3)CCCN(Cc3ccccc3)C2)CC1. The van der Waals surface area contributed by atoms with Crippen LogP contribution in [0.3, 0.4) is 0 Å². The third-order valence-electron chi connectivity index (χ3n) is 7.12. The first-order valence-electron chi connectivity index (χ1n) is 12.3. The summed E-state index contributed by atoms with van der Waals surface area (Å²) in [6.45, 7) is 12.5. The van der Waals surface area contributed by atoms with E-state index in [-0.39, 0.29) is 5.78 Å². The summed E-state index contributed by atoms with van der Waals surface area (Å²) in [5.74, 6) is 0.932. The number of aromatic nitrogens is 1. The van der Waals surface area contributed by atoms with Crippen molar-refractivity contribution in [2.75, 3.05) is 45.8 Å². The second-order valence-corrected chi connectivity index (χ2v) is 9.89. The first-order valence-corrected chi connectivity index (χ1v) is 12.3. The monoisotopic (exact) mass is 434 g/mol. The maximum atomic E-state index is 14.0. The number of hydrogen-bond acceptors (Lipinski definition) is 5. The fraction of sp³-hybridized carbons (Fsp3) is 0.556. The molecule has 0 spiro atoms. The van der Waals surface area contributed by atoms with Gasteiger partial charge in [0.2, 0.25) is 5.78 Å². The Kier molecular flexibility index (Phi) is 7.71. The highest BCUT2D eigenvalue weighted by Crippen LogP contribution is 2.33. The van der Waals surface area contributed by atoms with Crippen molar-refractivity contribution in [3.8, 4) is 0 Å². The van der Waals surface area contributed by atoms with Crippen LogP contribution in [0, 0.1) is 5.92 Å². The molecule has 1 atom stereocenters. The van der Waals surface area contributed by atoms with Crippen molar-refractivity contribution >= 4 is 5.78 Å². The quantitative estimate of drug-likeness (QED) is 0.588. The van der Waals surface area contributed by atoms with Crippen molar-refractivity contribution in [1.82, 2.24) is 19.7 Å². The van der Waals surface area contributed by atoms with Gasteiger partial charge in [0, 0.05) is 45.5 Å². The molecule has 2 aliphatic rings. The van der Waals surface area contributed by atoms with Crippen LogP contribution in [0.25, 0.3) is 0 Å². The maximum Gasteiger partial charge on any atom is 0.202 e. The Morgan fingerprint density at radius 1 is 0.969 bits per heavy atom. The predicted molar refractivity (Wildman–Crippen MR) is 130 cm³/mol. The largest absolute Gasteiger partial charge is 0.301 e. The number of Topliss-reactive ketones (excluding diaryl/α,β-unsaturated/α-hetero) is 1. The normalized spacial score (nSPS) is 23.5. The number of pyridine rings is 1. The second-order valence-electron chi connectivity index (χ2n) is 9.89. The van der Waals surface area contributed by atoms with Crippen LogP contribution in [0.15, 0.2) is 54.7 Å². The van der Waals surface area contributed by atoms with Gasteiger partial charge < -0.3 is 4.90 Å². The van der Waals surface area contributed by atoms with E-state index in [4.69, 9.17) is 0 Å². The molecular weight excluding hydrogens is 396 g/mol. The van der Waals surface area contributed by atoms with E-state index in [0.717, 1.165) is 71.1 Å². The molecule has 1 aromatic heterocycles. The van der Waals surface area contributed by atoms with E-state index in [9.17, 15) is 4.79 Å². The summed E-state index contributed by atoms with van der Waals surface area (Å²) in [4.78, 5) is 26.0. The summed E-state index contributed by atoms with van der Waals surface area (Å²) in [6, 6.07) is 16.3. The highest BCUT2D eigenvalue weighted by Gasteiger charge is 2.48. The molecular formula is C27H38N4O. The molecule has 2 fully saturated rings. The molecule has 2 aromatic rings. The summed E-state index contributed by atoms with van der Waals surface area (Å²) in [6.07, 6.45) is 4.94. The molecule has 1 unspecified atom stereocenters. The Morgan fingerprint density at radius 3 is 2.41 bits per heavy atom. The van der Waals surface area contributed by atoms with Crippen LogP contribution in [0.2, 0.25) is 0 Å². The standard InChI is InChI=1S/C27H38N4O/c1-23(2)12-16-29-17-19-31(20-18-29)27(26(32)25-11-6-7-14-28-25)13-8-15-30(22-27)21-24-9-4-3-5-10-24/h3-7,9-11,14,23H,8,12-13,15-22H2,1-2H3. The van der Waals surface area contributed by atoms with Gasteiger partial charge in [0.15, 0.2) is 0 Å². The molecule has 3 heterocycles. The summed E-state index contributed by atoms with van der Waals surface area (Å²) < 4.78 is 0. The van der Waals surface area contributed by atoms with Gasteiger partial charge in [-0.15, -0.1) is 0 Å². The van der Waals surface area contributed by atoms with Crippen LogP contribution in [0.1, 0.15) is 49.2 Å². The lowest BCUT2D eigenvalue weighted by molar-refractivity contribution is -0.00993. The van der Waals surface area contributed by atoms with E-state index in [1.165, 1.54) is 12.0 Å². The van der Waals surface area contributed by atoms with E-state index in [2.05, 4.69) is 63.9 Å². The minimum Gasteiger partial charge on any atom is -0.301 e. The lowest BCUT2D eigenvalue weighted by Gasteiger charge is -2.51. The maximum absolute atomic E-state index is 14.0. The number of hydrogen-bond donors (Lipinski definition) is 0. The third-order valence-corrected chi connectivity index (χ3v) is 7.12. The molecule has 0 bridgehead atoms. The van der Waals surface area contributed by atoms with Gasteiger partial charge in [-0.1, -0.05) is 50.2 Å². The van der Waals surface area contributed by atoms with Gasteiger partial charge in [0.05, 0.1) is 5.54 Å². The zero-order valence-corrected chi connectivity index (χ0v) is 19.7. The summed E-state index contributed by atoms with van der Waals surface area (Å²) in [5.41, 5.74) is 1.44. The number of piperidine rings is 1. The highest BCUT2D eigenvalue weighted by molar-refractivity contribution is 6.02. The lowest BCUT2D eigenvalue weighted by Crippen LogP contribution is -2.66. The Bertz CT molecular complexity index is 848. The number of carbonyl (C=O) groups excluding carboxylic acids is 1. The molecule has 5 nitrogen and oxygen atoms in total. The molecule has 172 valence electrons. The van der Waals surface area contributed by atoms with Crippen LogP contribution < -0.4 is 0 Å². The number of carbonyl (C=O) groups is 1. The van der Waals surface area contributed by atoms with Gasteiger partial charge in [-0.3, -0.25) is 19.6 Å². The first kappa shape index (κ1) is 23.1. The zero-order chi connectivity index (χ0) is 22.4. The van der Waals surface area contributed by atoms with Crippen molar-refractivity contribution in [3.05, 3.63) is 66.0 Å². The molecule has 0 aliphatic carbocycles. The third kappa shape index (κ3) is 5.45. The number of piperazine rings is 1. The van der Waals surface area contributed by atoms with Crippen LogP contribution in [0.5, 0.6) is 0 Å². The first-order chi connectivity index (χ1) is 15.6. The van der Waals surface area contributed by atoms with E-state index >= 15 is 0 Å². The molecule has 5 heteroatoms. The average Bonchev–Trinajstić information content (AvgIpc) is 2.84. The molecule has 0 amide bonds. The van der Waals surface area contributed by atoms with Crippen LogP contribution in [-0.4, -0.2) is 76.8 Å². The number of likely N-dealkylation sites (tertiary alicyclic amines) is 1. The summed E-state index contributed by atoms with van der Waals surface area (Å²) >= 11 is 0. The molecule has 2 saturated heterocycles. The van der Waals surface area contributed by atoms with Crippen LogP contribution in [-0.2, 0) is 6.54 Å². The second kappa shape index (κ2) is 10.7. The minimum atomic E-state index is -0.481. The van der Waals surface area contributed by atoms with Crippen LogP contribution in [0.4, 0.5) is 0 Å². The molecule has 0 N–H and O–H groups in total. The zero-order valence-electron chi connectivity index (χ0n) is 19.7. The van der Waals surface area contributed by atoms with Crippen LogP contribution >= 0.6 is 0 Å². The fourth-order valence-electron chi connectivity index (χ4n) is 5.26. The summed E-state index contributed by atoms with van der Waals surface area (Å²) in [7, 11) is 0. The van der Waals surface area contributed by atoms with Gasteiger partial charge >= 0.3 is 0 Å². The van der Waals surface area contributed by atoms with E-state index in [1.807, 2.05) is 18.2 Å². The topological polar surface area (TPSA) is 39.7 Å². The molecule has 1 aromatic carbocycles. The predicted octanol–water partition coefficient (Wildman–Crippen LogP) is 3.96. The fourth-order valence-corrected chi connectivity index (χ4v) is 5.26. The molecule has 0 radical (unpaired) electrons. The van der Waals surface area contributed by atoms with Crippen molar-refractivity contribution < 1.29 is 4.79 Å². The molecule has 0 saturated carbocycles. The van der Waals surface area contributed by atoms with E-state index in [0.29, 0.717) is 5.69 Å². The summed E-state index contributed by atoms with van der Waals surface area (Å²) in [5, 5.41) is 0. The van der Waals surface area contributed by atoms with E-state index in [1.54, 1.807) is 6.20 Å². The van der Waals surface area contributed by atoms with Crippen molar-refractivity contribution in [2.45, 2.75) is 45.2 Å². The lowest BCUT2D eigenvalue weighted by atomic mass is 9.80. The van der Waals surface area contributed by atoms with Gasteiger partial charge in [-0.2, -0.15) is 0 Å². The van der Waals surface area contributed by atoms with Gasteiger partial charge in [0.25, 0.3) is 0 Å². The molecule has 4 rings (SSSR count).